The Hall–Kier alpha value is -6.01. The molecule has 0 bridgehead atoms. The van der Waals surface area contributed by atoms with Crippen LogP contribution >= 0.6 is 0 Å². The van der Waals surface area contributed by atoms with Gasteiger partial charge in [0, 0.05) is 80.3 Å². The molecule has 1 aliphatic carbocycles. The van der Waals surface area contributed by atoms with Gasteiger partial charge in [-0.1, -0.05) is 36.4 Å². The number of fused-ring (bicyclic) bond motifs is 2. The number of sulfonamides is 1. The molecule has 1 amide bonds. The summed E-state index contributed by atoms with van der Waals surface area (Å²) < 4.78 is 47.7. The molecule has 2 atom stereocenters. The smallest absolute Gasteiger partial charge is 0.297 e. The second kappa shape index (κ2) is 17.4. The molecule has 16 nitrogen and oxygen atoms in total. The molecule has 3 saturated heterocycles. The number of nitro groups is 1. The lowest BCUT2D eigenvalue weighted by molar-refractivity contribution is -0.384. The van der Waals surface area contributed by atoms with Crippen molar-refractivity contribution in [2.45, 2.75) is 68.5 Å². The number of carbonyl (C=O) groups excluding carboxylic acids is 1. The largest absolute Gasteiger partial charge is 0.489 e. The average Bonchev–Trinajstić information content (AvgIpc) is 3.98. The molecule has 17 heteroatoms. The molecule has 1 saturated carbocycles. The van der Waals surface area contributed by atoms with Crippen LogP contribution in [0.25, 0.3) is 16.6 Å². The van der Waals surface area contributed by atoms with Crippen LogP contribution in [0.2, 0.25) is 0 Å². The number of nitrogens with zero attached hydrogens (tertiary/aromatic N) is 5. The van der Waals surface area contributed by atoms with E-state index in [4.69, 9.17) is 14.2 Å². The Morgan fingerprint density at radius 3 is 2.62 bits per heavy atom. The lowest BCUT2D eigenvalue weighted by Gasteiger charge is -2.56. The number of aromatic amines is 1. The highest BCUT2D eigenvalue weighted by molar-refractivity contribution is 7.90. The third kappa shape index (κ3) is 8.65. The minimum atomic E-state index is -4.64. The van der Waals surface area contributed by atoms with E-state index in [1.165, 1.54) is 49.1 Å². The molecule has 65 heavy (non-hydrogen) atoms. The molecule has 5 aliphatic rings. The molecule has 5 aromatic rings. The van der Waals surface area contributed by atoms with Gasteiger partial charge in [-0.05, 0) is 92.8 Å². The summed E-state index contributed by atoms with van der Waals surface area (Å²) in [6, 6.07) is 20.4. The van der Waals surface area contributed by atoms with Crippen molar-refractivity contribution < 1.29 is 32.3 Å². The lowest BCUT2D eigenvalue weighted by atomic mass is 9.59. The number of piperidine rings is 1. The van der Waals surface area contributed by atoms with Crippen LogP contribution in [0, 0.1) is 15.5 Å². The van der Waals surface area contributed by atoms with E-state index in [9.17, 15) is 23.3 Å². The Labute approximate surface area is 378 Å². The Bertz CT molecular complexity index is 2760. The van der Waals surface area contributed by atoms with Crippen LogP contribution in [-0.4, -0.2) is 110 Å². The third-order valence-corrected chi connectivity index (χ3v) is 15.4. The van der Waals surface area contributed by atoms with Crippen molar-refractivity contribution in [3.05, 3.63) is 113 Å². The third-order valence-electron chi connectivity index (χ3n) is 14.0. The number of likely N-dealkylation sites (tertiary alicyclic amines) is 1. The first-order chi connectivity index (χ1) is 31.4. The highest BCUT2D eigenvalue weighted by Gasteiger charge is 2.50. The van der Waals surface area contributed by atoms with Crippen LogP contribution in [-0.2, 0) is 14.8 Å². The molecule has 2 unspecified atom stereocenters. The van der Waals surface area contributed by atoms with Gasteiger partial charge < -0.3 is 29.4 Å². The van der Waals surface area contributed by atoms with Gasteiger partial charge in [0.2, 0.25) is 0 Å². The summed E-state index contributed by atoms with van der Waals surface area (Å²) in [6.45, 7) is 12.5. The Morgan fingerprint density at radius 2 is 1.83 bits per heavy atom. The Balaban J connectivity index is 0.854. The molecular formula is C48H54N8O8S. The molecule has 3 N–H and O–H groups in total. The van der Waals surface area contributed by atoms with Crippen molar-refractivity contribution in [3.8, 4) is 17.2 Å². The number of rotatable bonds is 12. The number of hydrogen-bond donors (Lipinski definition) is 3. The monoisotopic (exact) mass is 902 g/mol. The number of nitrogens with one attached hydrogen (secondary N) is 3. The molecule has 10 rings (SSSR count). The average molecular weight is 903 g/mol. The van der Waals surface area contributed by atoms with E-state index in [2.05, 4.69) is 72.5 Å². The number of benzene rings is 3. The summed E-state index contributed by atoms with van der Waals surface area (Å²) in [5.41, 5.74) is 5.14. The fourth-order valence-corrected chi connectivity index (χ4v) is 11.6. The number of morpholine rings is 1. The van der Waals surface area contributed by atoms with E-state index in [1.807, 2.05) is 12.1 Å². The number of allylic oxidation sites excluding steroid dienone is 1. The second-order valence-electron chi connectivity index (χ2n) is 18.3. The number of ether oxygens (including phenoxy) is 3. The predicted molar refractivity (Wildman–Crippen MR) is 247 cm³/mol. The molecule has 2 aromatic heterocycles. The Morgan fingerprint density at radius 1 is 1.03 bits per heavy atom. The number of hydrogen-bond acceptors (Lipinski definition) is 13. The molecular weight excluding hydrogens is 849 g/mol. The zero-order valence-electron chi connectivity index (χ0n) is 36.5. The van der Waals surface area contributed by atoms with Crippen LogP contribution in [0.1, 0.15) is 73.0 Å². The van der Waals surface area contributed by atoms with Gasteiger partial charge >= 0.3 is 0 Å². The number of aromatic nitrogens is 2. The van der Waals surface area contributed by atoms with Crippen molar-refractivity contribution in [2.75, 3.05) is 69.3 Å². The molecule has 6 heterocycles. The second-order valence-corrected chi connectivity index (χ2v) is 19.9. The van der Waals surface area contributed by atoms with Gasteiger partial charge in [-0.2, -0.15) is 0 Å². The summed E-state index contributed by atoms with van der Waals surface area (Å²) in [7, 11) is -4.64. The van der Waals surface area contributed by atoms with Crippen molar-refractivity contribution >= 4 is 49.6 Å². The summed E-state index contributed by atoms with van der Waals surface area (Å²) in [5, 5.41) is 16.3. The fraction of sp³-hybridized carbons (Fsp3) is 0.417. The van der Waals surface area contributed by atoms with Crippen molar-refractivity contribution in [3.63, 3.8) is 0 Å². The number of nitro benzene ring substituents is 1. The standard InChI is InChI=1S/C48H54N8O8S/c1-31(2)38-6-3-4-7-39(38)41-8-5-15-55(41)35-26-48(27-35)12-16-54(17-13-48)34-9-10-40(43(23-34)64-36-22-32-11-14-49-46(32)50-28-36)47(57)52-65(60,61)37-24-42(56(58)59)45-44(25-37)63-30-33(51-45)29-53-18-20-62-21-19-53/h3-4,6-7,9-11,14,22-25,28,33,35,41,51H,1,5,8,12-13,15-21,26-27,29-30H2,2H3,(H,49,50)(H,52,57). The first kappa shape index (κ1) is 42.9. The quantitative estimate of drug-likeness (QED) is 0.0827. The maximum absolute atomic E-state index is 14.1. The molecule has 3 aromatic carbocycles. The van der Waals surface area contributed by atoms with Crippen LogP contribution in [0.15, 0.2) is 90.6 Å². The number of anilines is 2. The van der Waals surface area contributed by atoms with E-state index in [0.717, 1.165) is 68.3 Å². The van der Waals surface area contributed by atoms with Crippen LogP contribution < -0.4 is 24.4 Å². The van der Waals surface area contributed by atoms with Gasteiger partial charge in [-0.15, -0.1) is 0 Å². The van der Waals surface area contributed by atoms with E-state index >= 15 is 0 Å². The summed E-state index contributed by atoms with van der Waals surface area (Å²) in [4.78, 5) is 40.0. The van der Waals surface area contributed by atoms with Crippen molar-refractivity contribution in [2.24, 2.45) is 5.41 Å². The highest BCUT2D eigenvalue weighted by Crippen LogP contribution is 2.54. The first-order valence-corrected chi connectivity index (χ1v) is 24.0. The normalized spacial score (nSPS) is 21.3. The van der Waals surface area contributed by atoms with Gasteiger partial charge in [0.25, 0.3) is 21.6 Å². The van der Waals surface area contributed by atoms with Crippen molar-refractivity contribution in [1.82, 2.24) is 24.5 Å². The topological polar surface area (TPSA) is 184 Å². The maximum atomic E-state index is 14.1. The zero-order chi connectivity index (χ0) is 44.9. The van der Waals surface area contributed by atoms with Crippen LogP contribution in [0.5, 0.6) is 17.2 Å². The highest BCUT2D eigenvalue weighted by atomic mass is 32.2. The molecule has 0 radical (unpaired) electrons. The number of carbonyl (C=O) groups is 1. The Kier molecular flexibility index (Phi) is 11.5. The zero-order valence-corrected chi connectivity index (χ0v) is 37.3. The lowest BCUT2D eigenvalue weighted by Crippen LogP contribution is -2.54. The predicted octanol–water partition coefficient (Wildman–Crippen LogP) is 7.51. The van der Waals surface area contributed by atoms with E-state index < -0.39 is 31.4 Å². The minimum Gasteiger partial charge on any atom is -0.489 e. The maximum Gasteiger partial charge on any atom is 0.297 e. The van der Waals surface area contributed by atoms with Crippen molar-refractivity contribution in [1.29, 1.82) is 0 Å². The van der Waals surface area contributed by atoms with Gasteiger partial charge in [0.1, 0.15) is 23.8 Å². The van der Waals surface area contributed by atoms with E-state index in [0.29, 0.717) is 43.2 Å². The molecule has 4 aliphatic heterocycles. The van der Waals surface area contributed by atoms with Gasteiger partial charge in [0.15, 0.2) is 11.4 Å². The summed E-state index contributed by atoms with van der Waals surface area (Å²) in [6.07, 6.45) is 10.1. The molecule has 1 spiro atoms. The summed E-state index contributed by atoms with van der Waals surface area (Å²) in [5.74, 6) is -0.452. The van der Waals surface area contributed by atoms with Gasteiger partial charge in [-0.3, -0.25) is 24.7 Å². The number of amides is 1. The van der Waals surface area contributed by atoms with Crippen LogP contribution in [0.4, 0.5) is 17.1 Å². The van der Waals surface area contributed by atoms with E-state index in [1.54, 1.807) is 24.4 Å². The molecule has 340 valence electrons. The number of pyridine rings is 1. The van der Waals surface area contributed by atoms with Gasteiger partial charge in [-0.25, -0.2) is 18.1 Å². The van der Waals surface area contributed by atoms with E-state index in [-0.39, 0.29) is 40.8 Å². The SMILES string of the molecule is C=C(C)c1ccccc1C1CCCN1C1CC2(CCN(c3ccc(C(=O)NS(=O)(=O)c4cc5c(c([N+](=O)[O-])c4)NC(CN4CCOCC4)CO5)c(Oc4cnc5[nH]ccc5c4)c3)CC2)C1. The first-order valence-electron chi connectivity index (χ1n) is 22.5. The van der Waals surface area contributed by atoms with Gasteiger partial charge in [0.05, 0.1) is 40.8 Å². The fourth-order valence-electron chi connectivity index (χ4n) is 10.6. The number of H-pyrrole nitrogens is 1. The van der Waals surface area contributed by atoms with Crippen LogP contribution in [0.3, 0.4) is 0 Å². The molecule has 4 fully saturated rings. The summed E-state index contributed by atoms with van der Waals surface area (Å²) >= 11 is 0. The minimum absolute atomic E-state index is 0.0108.